The van der Waals surface area contributed by atoms with Gasteiger partial charge in [-0.1, -0.05) is 35.0 Å². The molecule has 0 aliphatic heterocycles. The fourth-order valence-corrected chi connectivity index (χ4v) is 1.96. The highest BCUT2D eigenvalue weighted by atomic mass is 79.9. The lowest BCUT2D eigenvalue weighted by Crippen LogP contribution is -1.89. The van der Waals surface area contributed by atoms with Crippen LogP contribution in [0.25, 0.3) is 16.9 Å². The molecule has 0 amide bonds. The van der Waals surface area contributed by atoms with E-state index in [0.29, 0.717) is 0 Å². The van der Waals surface area contributed by atoms with Gasteiger partial charge in [-0.15, -0.1) is 5.10 Å². The van der Waals surface area contributed by atoms with Crippen LogP contribution in [0.3, 0.4) is 0 Å². The van der Waals surface area contributed by atoms with Gasteiger partial charge in [-0.2, -0.15) is 0 Å². The van der Waals surface area contributed by atoms with Crippen LogP contribution < -0.4 is 0 Å². The zero-order valence-electron chi connectivity index (χ0n) is 9.13. The van der Waals surface area contributed by atoms with Gasteiger partial charge in [-0.05, 0) is 22.9 Å². The second kappa shape index (κ2) is 3.92. The van der Waals surface area contributed by atoms with Crippen molar-refractivity contribution >= 4 is 21.6 Å². The van der Waals surface area contributed by atoms with Crippen LogP contribution in [-0.4, -0.2) is 19.8 Å². The third-order valence-corrected chi connectivity index (χ3v) is 2.96. The first-order chi connectivity index (χ1) is 8.24. The van der Waals surface area contributed by atoms with E-state index < -0.39 is 0 Å². The van der Waals surface area contributed by atoms with Crippen LogP contribution in [0.2, 0.25) is 0 Å². The van der Waals surface area contributed by atoms with Crippen LogP contribution in [0.1, 0.15) is 5.56 Å². The van der Waals surface area contributed by atoms with Crippen molar-refractivity contribution in [1.82, 2.24) is 19.8 Å². The quantitative estimate of drug-likeness (QED) is 0.692. The number of nitrogens with zero attached hydrogens (tertiary/aromatic N) is 4. The van der Waals surface area contributed by atoms with Gasteiger partial charge < -0.3 is 0 Å². The SMILES string of the molecule is Cc1ccc(-c2nnn3cc(Br)cnc23)cc1. The van der Waals surface area contributed by atoms with Gasteiger partial charge in [0, 0.05) is 18.0 Å². The van der Waals surface area contributed by atoms with Crippen LogP contribution in [0.4, 0.5) is 0 Å². The molecule has 0 atom stereocenters. The second-order valence-electron chi connectivity index (χ2n) is 3.84. The predicted octanol–water partition coefficient (Wildman–Crippen LogP) is 2.86. The highest BCUT2D eigenvalue weighted by Crippen LogP contribution is 2.21. The maximum atomic E-state index is 4.33. The van der Waals surface area contributed by atoms with E-state index in [-0.39, 0.29) is 0 Å². The van der Waals surface area contributed by atoms with E-state index in [1.807, 2.05) is 18.3 Å². The molecule has 0 unspecified atom stereocenters. The molecule has 1 aromatic carbocycles. The highest BCUT2D eigenvalue weighted by molar-refractivity contribution is 9.10. The van der Waals surface area contributed by atoms with Gasteiger partial charge in [0.2, 0.25) is 0 Å². The molecule has 17 heavy (non-hydrogen) atoms. The van der Waals surface area contributed by atoms with Gasteiger partial charge in [0.05, 0.1) is 4.47 Å². The monoisotopic (exact) mass is 288 g/mol. The molecule has 2 aromatic heterocycles. The molecule has 3 aromatic rings. The second-order valence-corrected chi connectivity index (χ2v) is 4.76. The fourth-order valence-electron chi connectivity index (χ4n) is 1.67. The number of fused-ring (bicyclic) bond motifs is 1. The van der Waals surface area contributed by atoms with Crippen LogP contribution in [0.5, 0.6) is 0 Å². The van der Waals surface area contributed by atoms with E-state index >= 15 is 0 Å². The van der Waals surface area contributed by atoms with Gasteiger partial charge >= 0.3 is 0 Å². The average Bonchev–Trinajstić information content (AvgIpc) is 2.73. The molecule has 5 heteroatoms. The molecule has 84 valence electrons. The van der Waals surface area contributed by atoms with E-state index in [9.17, 15) is 0 Å². The highest BCUT2D eigenvalue weighted by Gasteiger charge is 2.09. The number of halogens is 1. The molecular weight excluding hydrogens is 280 g/mol. The summed E-state index contributed by atoms with van der Waals surface area (Å²) in [5.74, 6) is 0. The minimum absolute atomic E-state index is 0.761. The first kappa shape index (κ1) is 10.4. The minimum atomic E-state index is 0.761. The lowest BCUT2D eigenvalue weighted by atomic mass is 10.1. The summed E-state index contributed by atoms with van der Waals surface area (Å²) in [4.78, 5) is 4.33. The molecule has 0 saturated heterocycles. The Morgan fingerprint density at radius 2 is 1.94 bits per heavy atom. The molecular formula is C12H9BrN4. The molecule has 2 heterocycles. The summed E-state index contributed by atoms with van der Waals surface area (Å²) in [6.07, 6.45) is 3.59. The lowest BCUT2D eigenvalue weighted by molar-refractivity contribution is 0.844. The van der Waals surface area contributed by atoms with Crippen LogP contribution in [0, 0.1) is 6.92 Å². The Kier molecular flexibility index (Phi) is 2.40. The van der Waals surface area contributed by atoms with Crippen LogP contribution >= 0.6 is 15.9 Å². The van der Waals surface area contributed by atoms with Crippen molar-refractivity contribution < 1.29 is 0 Å². The van der Waals surface area contributed by atoms with Crippen LogP contribution in [0.15, 0.2) is 41.1 Å². The molecule has 0 radical (unpaired) electrons. The van der Waals surface area contributed by atoms with Crippen molar-refractivity contribution in [2.24, 2.45) is 0 Å². The largest absolute Gasteiger partial charge is 0.234 e. The summed E-state index contributed by atoms with van der Waals surface area (Å²) in [7, 11) is 0. The molecule has 3 rings (SSSR count). The molecule has 4 nitrogen and oxygen atoms in total. The summed E-state index contributed by atoms with van der Waals surface area (Å²) < 4.78 is 2.55. The Labute approximate surface area is 106 Å². The number of hydrogen-bond acceptors (Lipinski definition) is 3. The van der Waals surface area contributed by atoms with Gasteiger partial charge in [0.1, 0.15) is 5.69 Å². The standard InChI is InChI=1S/C12H9BrN4/c1-8-2-4-9(5-3-8)11-12-14-6-10(13)7-17(12)16-15-11/h2-7H,1H3. The number of aryl methyl sites for hydroxylation is 1. The van der Waals surface area contributed by atoms with Crippen molar-refractivity contribution in [1.29, 1.82) is 0 Å². The van der Waals surface area contributed by atoms with Crippen LogP contribution in [-0.2, 0) is 0 Å². The Balaban J connectivity index is 2.21. The van der Waals surface area contributed by atoms with Crippen molar-refractivity contribution in [3.63, 3.8) is 0 Å². The van der Waals surface area contributed by atoms with E-state index in [0.717, 1.165) is 21.4 Å². The summed E-state index contributed by atoms with van der Waals surface area (Å²) in [6.45, 7) is 2.06. The Hall–Kier alpha value is -1.75. The molecule has 0 spiro atoms. The molecule has 0 aliphatic carbocycles. The smallest absolute Gasteiger partial charge is 0.183 e. The van der Waals surface area contributed by atoms with E-state index in [1.54, 1.807) is 10.7 Å². The molecule has 0 N–H and O–H groups in total. The Morgan fingerprint density at radius 1 is 1.18 bits per heavy atom. The number of hydrogen-bond donors (Lipinski definition) is 0. The van der Waals surface area contributed by atoms with Crippen molar-refractivity contribution in [2.75, 3.05) is 0 Å². The van der Waals surface area contributed by atoms with Crippen molar-refractivity contribution in [3.05, 3.63) is 46.7 Å². The summed E-state index contributed by atoms with van der Waals surface area (Å²) >= 11 is 3.36. The van der Waals surface area contributed by atoms with Crippen molar-refractivity contribution in [3.8, 4) is 11.3 Å². The first-order valence-corrected chi connectivity index (χ1v) is 5.97. The van der Waals surface area contributed by atoms with Crippen molar-refractivity contribution in [2.45, 2.75) is 6.92 Å². The Morgan fingerprint density at radius 3 is 2.71 bits per heavy atom. The van der Waals surface area contributed by atoms with E-state index in [2.05, 4.69) is 50.3 Å². The maximum absolute atomic E-state index is 4.33. The van der Waals surface area contributed by atoms with E-state index in [1.165, 1.54) is 5.56 Å². The third-order valence-electron chi connectivity index (χ3n) is 2.55. The lowest BCUT2D eigenvalue weighted by Gasteiger charge is -1.98. The predicted molar refractivity (Wildman–Crippen MR) is 68.7 cm³/mol. The van der Waals surface area contributed by atoms with E-state index in [4.69, 9.17) is 0 Å². The minimum Gasteiger partial charge on any atom is -0.234 e. The zero-order chi connectivity index (χ0) is 11.8. The number of aromatic nitrogens is 4. The summed E-state index contributed by atoms with van der Waals surface area (Å²) in [5.41, 5.74) is 3.82. The molecule has 0 aliphatic rings. The zero-order valence-corrected chi connectivity index (χ0v) is 10.7. The topological polar surface area (TPSA) is 43.1 Å². The summed E-state index contributed by atoms with van der Waals surface area (Å²) in [5, 5.41) is 8.22. The Bertz CT molecular complexity index is 673. The first-order valence-electron chi connectivity index (χ1n) is 5.17. The average molecular weight is 289 g/mol. The number of rotatable bonds is 1. The van der Waals surface area contributed by atoms with Gasteiger partial charge in [0.15, 0.2) is 5.65 Å². The van der Waals surface area contributed by atoms with Gasteiger partial charge in [-0.25, -0.2) is 9.50 Å². The molecule has 0 bridgehead atoms. The number of benzene rings is 1. The third kappa shape index (κ3) is 1.82. The normalized spacial score (nSPS) is 10.9. The molecule has 0 fully saturated rings. The molecule has 0 saturated carbocycles. The van der Waals surface area contributed by atoms with Gasteiger partial charge in [-0.3, -0.25) is 0 Å². The van der Waals surface area contributed by atoms with Gasteiger partial charge in [0.25, 0.3) is 0 Å². The summed E-state index contributed by atoms with van der Waals surface area (Å²) in [6, 6.07) is 8.17. The fraction of sp³-hybridized carbons (Fsp3) is 0.0833. The maximum Gasteiger partial charge on any atom is 0.183 e.